The second-order valence-corrected chi connectivity index (χ2v) is 8.09. The molecule has 0 unspecified atom stereocenters. The molecule has 6 heteroatoms. The first-order valence-electron chi connectivity index (χ1n) is 10.1. The van der Waals surface area contributed by atoms with Crippen molar-refractivity contribution in [3.63, 3.8) is 0 Å². The fraction of sp³-hybridized carbons (Fsp3) is 0.120. The molecule has 0 amide bonds. The molecule has 0 saturated carbocycles. The zero-order valence-corrected chi connectivity index (χ0v) is 17.5. The number of hydrogen-bond donors (Lipinski definition) is 0. The number of fused-ring (bicyclic) bond motifs is 3. The quantitative estimate of drug-likeness (QED) is 0.379. The van der Waals surface area contributed by atoms with Crippen molar-refractivity contribution < 1.29 is 4.42 Å². The standard InChI is InChI=1S/C25H20N4O2/c1-15-11-29-13-19(9-22(29)16(2)26-15)21-8-17-4-5-20(10-24(17)31-25(21)30)28-12-18-6-7-27(3)23(18)14-28/h4-14H,1-3H3. The Kier molecular flexibility index (Phi) is 3.56. The first kappa shape index (κ1) is 17.8. The lowest BCUT2D eigenvalue weighted by Gasteiger charge is -2.05. The maximum absolute atomic E-state index is 12.9. The van der Waals surface area contributed by atoms with E-state index in [4.69, 9.17) is 4.42 Å². The Balaban J connectivity index is 1.47. The molecular formula is C25H20N4O2. The van der Waals surface area contributed by atoms with Gasteiger partial charge < -0.3 is 18.0 Å². The summed E-state index contributed by atoms with van der Waals surface area (Å²) in [4.78, 5) is 17.4. The highest BCUT2D eigenvalue weighted by Gasteiger charge is 2.13. The van der Waals surface area contributed by atoms with Gasteiger partial charge in [-0.2, -0.15) is 0 Å². The second-order valence-electron chi connectivity index (χ2n) is 8.09. The highest BCUT2D eigenvalue weighted by Crippen LogP contribution is 2.27. The summed E-state index contributed by atoms with van der Waals surface area (Å²) >= 11 is 0. The minimum Gasteiger partial charge on any atom is -0.422 e. The highest BCUT2D eigenvalue weighted by atomic mass is 16.4. The number of hydrogen-bond acceptors (Lipinski definition) is 3. The van der Waals surface area contributed by atoms with Gasteiger partial charge in [-0.3, -0.25) is 4.98 Å². The second kappa shape index (κ2) is 6.22. The number of aryl methyl sites for hydroxylation is 3. The predicted molar refractivity (Wildman–Crippen MR) is 122 cm³/mol. The van der Waals surface area contributed by atoms with Gasteiger partial charge in [-0.05, 0) is 44.2 Å². The van der Waals surface area contributed by atoms with Gasteiger partial charge in [0.25, 0.3) is 0 Å². The summed E-state index contributed by atoms with van der Waals surface area (Å²) < 4.78 is 11.9. The predicted octanol–water partition coefficient (Wildman–Crippen LogP) is 5.01. The minimum absolute atomic E-state index is 0.347. The van der Waals surface area contributed by atoms with Crippen molar-refractivity contribution in [3.05, 3.63) is 89.2 Å². The van der Waals surface area contributed by atoms with Crippen LogP contribution in [0.4, 0.5) is 0 Å². The molecule has 0 aliphatic heterocycles. The van der Waals surface area contributed by atoms with Crippen molar-refractivity contribution in [2.45, 2.75) is 13.8 Å². The van der Waals surface area contributed by atoms with Gasteiger partial charge in [-0.25, -0.2) is 4.79 Å². The van der Waals surface area contributed by atoms with E-state index >= 15 is 0 Å². The number of rotatable bonds is 2. The number of aromatic nitrogens is 4. The van der Waals surface area contributed by atoms with Gasteiger partial charge >= 0.3 is 5.63 Å². The molecule has 0 radical (unpaired) electrons. The van der Waals surface area contributed by atoms with E-state index in [1.54, 1.807) is 0 Å². The van der Waals surface area contributed by atoms with Gasteiger partial charge in [0.2, 0.25) is 0 Å². The van der Waals surface area contributed by atoms with E-state index in [9.17, 15) is 4.79 Å². The van der Waals surface area contributed by atoms with Gasteiger partial charge in [0.05, 0.1) is 28.0 Å². The largest absolute Gasteiger partial charge is 0.422 e. The van der Waals surface area contributed by atoms with Crippen LogP contribution in [0, 0.1) is 13.8 Å². The smallest absolute Gasteiger partial charge is 0.344 e. The van der Waals surface area contributed by atoms with Crippen LogP contribution in [-0.2, 0) is 7.05 Å². The van der Waals surface area contributed by atoms with E-state index < -0.39 is 0 Å². The third-order valence-electron chi connectivity index (χ3n) is 5.91. The van der Waals surface area contributed by atoms with E-state index in [1.165, 1.54) is 5.39 Å². The maximum Gasteiger partial charge on any atom is 0.344 e. The molecule has 5 heterocycles. The van der Waals surface area contributed by atoms with E-state index in [2.05, 4.69) is 32.6 Å². The Labute approximate surface area is 177 Å². The molecule has 0 saturated heterocycles. The molecular weight excluding hydrogens is 388 g/mol. The fourth-order valence-corrected chi connectivity index (χ4v) is 4.34. The van der Waals surface area contributed by atoms with Crippen LogP contribution in [-0.4, -0.2) is 18.5 Å². The maximum atomic E-state index is 12.9. The van der Waals surface area contributed by atoms with Crippen LogP contribution in [0.25, 0.3) is 44.2 Å². The van der Waals surface area contributed by atoms with Crippen LogP contribution in [0.5, 0.6) is 0 Å². The molecule has 6 nitrogen and oxygen atoms in total. The van der Waals surface area contributed by atoms with Crippen molar-refractivity contribution >= 4 is 27.4 Å². The summed E-state index contributed by atoms with van der Waals surface area (Å²) in [7, 11) is 2.03. The normalized spacial score (nSPS) is 11.8. The minimum atomic E-state index is -0.347. The van der Waals surface area contributed by atoms with Gasteiger partial charge in [0, 0.05) is 66.1 Å². The monoisotopic (exact) mass is 408 g/mol. The molecule has 0 spiro atoms. The lowest BCUT2D eigenvalue weighted by atomic mass is 10.1. The van der Waals surface area contributed by atoms with Crippen LogP contribution in [0.15, 0.2) is 76.6 Å². The zero-order chi connectivity index (χ0) is 21.3. The average Bonchev–Trinajstić information content (AvgIpc) is 3.43. The topological polar surface area (TPSA) is 57.4 Å². The van der Waals surface area contributed by atoms with Crippen LogP contribution in [0.2, 0.25) is 0 Å². The lowest BCUT2D eigenvalue weighted by Crippen LogP contribution is -2.02. The Morgan fingerprint density at radius 2 is 1.77 bits per heavy atom. The average molecular weight is 408 g/mol. The molecule has 6 rings (SSSR count). The molecule has 0 fully saturated rings. The molecule has 0 bridgehead atoms. The van der Waals surface area contributed by atoms with Gasteiger partial charge in [0.15, 0.2) is 0 Å². The lowest BCUT2D eigenvalue weighted by molar-refractivity contribution is 0.563. The van der Waals surface area contributed by atoms with Crippen LogP contribution in [0.1, 0.15) is 11.4 Å². The van der Waals surface area contributed by atoms with E-state index in [0.29, 0.717) is 11.1 Å². The summed E-state index contributed by atoms with van der Waals surface area (Å²) in [6.07, 6.45) is 10.1. The van der Waals surface area contributed by atoms with E-state index in [0.717, 1.165) is 39.1 Å². The van der Waals surface area contributed by atoms with Crippen molar-refractivity contribution in [2.75, 3.05) is 0 Å². The Hall–Kier alpha value is -4.06. The van der Waals surface area contributed by atoms with Gasteiger partial charge in [-0.15, -0.1) is 0 Å². The van der Waals surface area contributed by atoms with Crippen LogP contribution in [0.3, 0.4) is 0 Å². The van der Waals surface area contributed by atoms with Crippen LogP contribution < -0.4 is 5.63 Å². The molecule has 1 aromatic carbocycles. The molecule has 6 aromatic rings. The summed E-state index contributed by atoms with van der Waals surface area (Å²) in [5.74, 6) is 0. The Bertz CT molecular complexity index is 1690. The van der Waals surface area contributed by atoms with Crippen molar-refractivity contribution in [3.8, 4) is 16.8 Å². The fourth-order valence-electron chi connectivity index (χ4n) is 4.34. The van der Waals surface area contributed by atoms with Gasteiger partial charge in [0.1, 0.15) is 5.58 Å². The summed E-state index contributed by atoms with van der Waals surface area (Å²) in [5.41, 5.74) is 6.55. The summed E-state index contributed by atoms with van der Waals surface area (Å²) in [5, 5.41) is 2.05. The van der Waals surface area contributed by atoms with Gasteiger partial charge in [-0.1, -0.05) is 0 Å². The molecule has 0 N–H and O–H groups in total. The molecule has 152 valence electrons. The molecule has 5 aromatic heterocycles. The third-order valence-corrected chi connectivity index (χ3v) is 5.91. The van der Waals surface area contributed by atoms with Crippen molar-refractivity contribution in [1.29, 1.82) is 0 Å². The molecule has 0 atom stereocenters. The van der Waals surface area contributed by atoms with Crippen LogP contribution >= 0.6 is 0 Å². The number of benzene rings is 1. The number of nitrogens with zero attached hydrogens (tertiary/aromatic N) is 4. The third kappa shape index (κ3) is 2.72. The van der Waals surface area contributed by atoms with Crippen molar-refractivity contribution in [1.82, 2.24) is 18.5 Å². The zero-order valence-electron chi connectivity index (χ0n) is 17.5. The Morgan fingerprint density at radius 1 is 0.903 bits per heavy atom. The summed E-state index contributed by atoms with van der Waals surface area (Å²) in [6, 6.07) is 11.9. The highest BCUT2D eigenvalue weighted by molar-refractivity contribution is 5.85. The SMILES string of the molecule is Cc1cn2cc(-c3cc4ccc(-n5cc6ccn(C)c6c5)cc4oc3=O)cc2c(C)n1. The molecule has 31 heavy (non-hydrogen) atoms. The first-order valence-corrected chi connectivity index (χ1v) is 10.1. The Morgan fingerprint density at radius 3 is 2.61 bits per heavy atom. The van der Waals surface area contributed by atoms with E-state index in [-0.39, 0.29) is 5.63 Å². The summed E-state index contributed by atoms with van der Waals surface area (Å²) in [6.45, 7) is 3.93. The van der Waals surface area contributed by atoms with E-state index in [1.807, 2.05) is 74.2 Å². The van der Waals surface area contributed by atoms with Crippen molar-refractivity contribution in [2.24, 2.45) is 7.05 Å². The molecule has 0 aliphatic rings. The first-order chi connectivity index (χ1) is 15.0. The molecule has 0 aliphatic carbocycles.